The van der Waals surface area contributed by atoms with Crippen molar-refractivity contribution >= 4 is 5.69 Å². The number of nitrogens with zero attached hydrogens (tertiary/aromatic N) is 3. The predicted octanol–water partition coefficient (Wildman–Crippen LogP) is 2.58. The van der Waals surface area contributed by atoms with Gasteiger partial charge in [-0.1, -0.05) is 12.1 Å². The van der Waals surface area contributed by atoms with E-state index in [1.807, 2.05) is 48.8 Å². The first kappa shape index (κ1) is 11.5. The number of hydrogen-bond acceptors (Lipinski definition) is 3. The lowest BCUT2D eigenvalue weighted by atomic mass is 10.2. The molecule has 0 amide bonds. The molecule has 4 heteroatoms. The van der Waals surface area contributed by atoms with Crippen LogP contribution in [-0.2, 0) is 6.54 Å². The number of hydrogen-bond donors (Lipinski definition) is 1. The number of imidazole rings is 1. The Hall–Kier alpha value is -2.62. The molecular weight excluding hydrogens is 236 g/mol. The molecule has 2 aromatic heterocycles. The first-order valence-corrected chi connectivity index (χ1v) is 6.09. The molecule has 2 N–H and O–H groups in total. The Bertz CT molecular complexity index is 656. The van der Waals surface area contributed by atoms with Crippen molar-refractivity contribution in [1.29, 1.82) is 0 Å². The molecule has 4 nitrogen and oxygen atoms in total. The van der Waals surface area contributed by atoms with Gasteiger partial charge in [0.2, 0.25) is 0 Å². The van der Waals surface area contributed by atoms with E-state index >= 15 is 0 Å². The molecule has 0 spiro atoms. The van der Waals surface area contributed by atoms with Gasteiger partial charge < -0.3 is 10.3 Å². The Kier molecular flexibility index (Phi) is 2.98. The zero-order valence-electron chi connectivity index (χ0n) is 10.4. The molecule has 0 unspecified atom stereocenters. The van der Waals surface area contributed by atoms with E-state index in [0.717, 1.165) is 23.6 Å². The average Bonchev–Trinajstić information content (AvgIpc) is 2.90. The van der Waals surface area contributed by atoms with Crippen LogP contribution in [0.5, 0.6) is 0 Å². The Morgan fingerprint density at radius 3 is 2.63 bits per heavy atom. The third-order valence-corrected chi connectivity index (χ3v) is 2.97. The van der Waals surface area contributed by atoms with Gasteiger partial charge in [-0.2, -0.15) is 0 Å². The molecule has 0 aliphatic carbocycles. The average molecular weight is 250 g/mol. The highest BCUT2D eigenvalue weighted by Gasteiger charge is 2.06. The molecule has 2 heterocycles. The summed E-state index contributed by atoms with van der Waals surface area (Å²) in [4.78, 5) is 8.53. The fraction of sp³-hybridized carbons (Fsp3) is 0.0667. The molecule has 0 atom stereocenters. The van der Waals surface area contributed by atoms with Gasteiger partial charge in [-0.25, -0.2) is 4.98 Å². The number of pyridine rings is 1. The third-order valence-electron chi connectivity index (χ3n) is 2.97. The van der Waals surface area contributed by atoms with Gasteiger partial charge in [0, 0.05) is 42.6 Å². The van der Waals surface area contributed by atoms with Crippen molar-refractivity contribution in [1.82, 2.24) is 14.5 Å². The van der Waals surface area contributed by atoms with Gasteiger partial charge in [-0.05, 0) is 29.8 Å². The van der Waals surface area contributed by atoms with Crippen molar-refractivity contribution < 1.29 is 0 Å². The minimum Gasteiger partial charge on any atom is -0.399 e. The highest BCUT2D eigenvalue weighted by atomic mass is 15.1. The highest BCUT2D eigenvalue weighted by Crippen LogP contribution is 2.17. The van der Waals surface area contributed by atoms with Crippen LogP contribution in [0, 0.1) is 0 Å². The van der Waals surface area contributed by atoms with Crippen molar-refractivity contribution in [2.24, 2.45) is 0 Å². The van der Waals surface area contributed by atoms with Crippen molar-refractivity contribution in [3.8, 4) is 11.4 Å². The van der Waals surface area contributed by atoms with E-state index < -0.39 is 0 Å². The van der Waals surface area contributed by atoms with Crippen LogP contribution in [0.4, 0.5) is 5.69 Å². The second kappa shape index (κ2) is 4.94. The first-order chi connectivity index (χ1) is 9.33. The van der Waals surface area contributed by atoms with E-state index in [1.54, 1.807) is 12.4 Å². The molecule has 0 radical (unpaired) electrons. The Morgan fingerprint density at radius 2 is 1.89 bits per heavy atom. The quantitative estimate of drug-likeness (QED) is 0.727. The van der Waals surface area contributed by atoms with E-state index in [4.69, 9.17) is 5.73 Å². The zero-order chi connectivity index (χ0) is 13.1. The monoisotopic (exact) mass is 250 g/mol. The summed E-state index contributed by atoms with van der Waals surface area (Å²) in [5, 5.41) is 0. The minimum atomic E-state index is 0.768. The molecule has 0 aliphatic heterocycles. The van der Waals surface area contributed by atoms with Crippen molar-refractivity contribution in [2.75, 3.05) is 5.73 Å². The number of nitrogens with two attached hydrogens (primary N) is 1. The Morgan fingerprint density at radius 1 is 1.05 bits per heavy atom. The number of rotatable bonds is 3. The summed E-state index contributed by atoms with van der Waals surface area (Å²) in [6.45, 7) is 0.768. The van der Waals surface area contributed by atoms with Crippen LogP contribution in [-0.4, -0.2) is 14.5 Å². The van der Waals surface area contributed by atoms with E-state index in [0.29, 0.717) is 0 Å². The molecule has 0 aliphatic rings. The van der Waals surface area contributed by atoms with Crippen LogP contribution in [0.15, 0.2) is 61.2 Å². The van der Waals surface area contributed by atoms with Gasteiger partial charge in [0.1, 0.15) is 5.82 Å². The van der Waals surface area contributed by atoms with Crippen LogP contribution in [0.3, 0.4) is 0 Å². The van der Waals surface area contributed by atoms with E-state index in [9.17, 15) is 0 Å². The van der Waals surface area contributed by atoms with Gasteiger partial charge in [0.25, 0.3) is 0 Å². The van der Waals surface area contributed by atoms with Crippen LogP contribution >= 0.6 is 0 Å². The smallest absolute Gasteiger partial charge is 0.141 e. The van der Waals surface area contributed by atoms with Gasteiger partial charge >= 0.3 is 0 Å². The van der Waals surface area contributed by atoms with Crippen molar-refractivity contribution in [3.63, 3.8) is 0 Å². The lowest BCUT2D eigenvalue weighted by Crippen LogP contribution is -2.01. The Balaban J connectivity index is 1.91. The highest BCUT2D eigenvalue weighted by molar-refractivity contribution is 5.53. The molecule has 0 bridgehead atoms. The zero-order valence-corrected chi connectivity index (χ0v) is 10.4. The summed E-state index contributed by atoms with van der Waals surface area (Å²) in [5.74, 6) is 0.921. The van der Waals surface area contributed by atoms with E-state index in [2.05, 4.69) is 14.5 Å². The number of aromatic nitrogens is 3. The van der Waals surface area contributed by atoms with E-state index in [-0.39, 0.29) is 0 Å². The van der Waals surface area contributed by atoms with Gasteiger partial charge in [0.15, 0.2) is 0 Å². The fourth-order valence-electron chi connectivity index (χ4n) is 2.01. The molecular formula is C15H14N4. The predicted molar refractivity (Wildman–Crippen MR) is 75.4 cm³/mol. The molecule has 19 heavy (non-hydrogen) atoms. The molecule has 1 aromatic carbocycles. The van der Waals surface area contributed by atoms with Crippen LogP contribution < -0.4 is 5.73 Å². The summed E-state index contributed by atoms with van der Waals surface area (Å²) >= 11 is 0. The molecule has 0 saturated carbocycles. The van der Waals surface area contributed by atoms with Crippen molar-refractivity contribution in [2.45, 2.75) is 6.54 Å². The SMILES string of the molecule is Nc1ccc(Cn2ccnc2-c2cccnc2)cc1. The molecule has 94 valence electrons. The maximum atomic E-state index is 5.69. The summed E-state index contributed by atoms with van der Waals surface area (Å²) in [6.07, 6.45) is 7.36. The molecule has 3 rings (SSSR count). The number of benzene rings is 1. The second-order valence-corrected chi connectivity index (χ2v) is 4.36. The van der Waals surface area contributed by atoms with Crippen LogP contribution in [0.1, 0.15) is 5.56 Å². The largest absolute Gasteiger partial charge is 0.399 e. The topological polar surface area (TPSA) is 56.7 Å². The lowest BCUT2D eigenvalue weighted by molar-refractivity contribution is 0.807. The molecule has 3 aromatic rings. The van der Waals surface area contributed by atoms with Crippen molar-refractivity contribution in [3.05, 3.63) is 66.7 Å². The molecule has 0 saturated heterocycles. The maximum Gasteiger partial charge on any atom is 0.141 e. The summed E-state index contributed by atoms with van der Waals surface area (Å²) in [7, 11) is 0. The lowest BCUT2D eigenvalue weighted by Gasteiger charge is -2.08. The van der Waals surface area contributed by atoms with Crippen LogP contribution in [0.25, 0.3) is 11.4 Å². The van der Waals surface area contributed by atoms with Gasteiger partial charge in [0.05, 0.1) is 0 Å². The maximum absolute atomic E-state index is 5.69. The minimum absolute atomic E-state index is 0.768. The summed E-state index contributed by atoms with van der Waals surface area (Å²) in [5.41, 5.74) is 8.68. The number of nitrogen functional groups attached to an aromatic ring is 1. The standard InChI is InChI=1S/C15H14N4/c16-14-5-3-12(4-6-14)11-19-9-8-18-15(19)13-2-1-7-17-10-13/h1-10H,11,16H2. The Labute approximate surface area is 111 Å². The molecule has 0 fully saturated rings. The summed E-state index contributed by atoms with van der Waals surface area (Å²) in [6, 6.07) is 11.8. The first-order valence-electron chi connectivity index (χ1n) is 6.09. The van der Waals surface area contributed by atoms with Gasteiger partial charge in [-0.3, -0.25) is 4.98 Å². The van der Waals surface area contributed by atoms with E-state index in [1.165, 1.54) is 5.56 Å². The fourth-order valence-corrected chi connectivity index (χ4v) is 2.01. The van der Waals surface area contributed by atoms with Gasteiger partial charge in [-0.15, -0.1) is 0 Å². The second-order valence-electron chi connectivity index (χ2n) is 4.36. The number of anilines is 1. The third kappa shape index (κ3) is 2.47. The summed E-state index contributed by atoms with van der Waals surface area (Å²) < 4.78 is 2.10. The van der Waals surface area contributed by atoms with Crippen LogP contribution in [0.2, 0.25) is 0 Å². The normalized spacial score (nSPS) is 10.5.